The van der Waals surface area contributed by atoms with Crippen LogP contribution in [-0.4, -0.2) is 20.6 Å². The number of carbonyl (C=O) groups excluding carboxylic acids is 1. The van der Waals surface area contributed by atoms with Gasteiger partial charge < -0.3 is 9.30 Å². The predicted molar refractivity (Wildman–Crippen MR) is 126 cm³/mol. The molecule has 31 heavy (non-hydrogen) atoms. The Kier molecular flexibility index (Phi) is 6.04. The maximum atomic E-state index is 12.4. The number of imidazole rings is 1. The molecular weight excluding hydrogens is 408 g/mol. The number of nitrogens with zero attached hydrogens (tertiary/aromatic N) is 3. The van der Waals surface area contributed by atoms with Crippen LogP contribution in [0.5, 0.6) is 0 Å². The lowest BCUT2D eigenvalue weighted by atomic mass is 10.1. The molecule has 0 spiro atoms. The van der Waals surface area contributed by atoms with Crippen LogP contribution >= 0.6 is 11.3 Å². The number of rotatable bonds is 6. The molecule has 0 aliphatic carbocycles. The van der Waals surface area contributed by atoms with E-state index in [0.717, 1.165) is 51.7 Å². The fourth-order valence-corrected chi connectivity index (χ4v) is 4.74. The Morgan fingerprint density at radius 3 is 2.71 bits per heavy atom. The van der Waals surface area contributed by atoms with Crippen LogP contribution in [0.2, 0.25) is 0 Å². The highest BCUT2D eigenvalue weighted by molar-refractivity contribution is 7.19. The molecule has 1 N–H and O–H groups in total. The van der Waals surface area contributed by atoms with E-state index in [2.05, 4.69) is 45.8 Å². The third-order valence-electron chi connectivity index (χ3n) is 5.33. The average Bonchev–Trinajstić information content (AvgIpc) is 3.29. The van der Waals surface area contributed by atoms with Crippen LogP contribution in [0.15, 0.2) is 42.5 Å². The van der Waals surface area contributed by atoms with Gasteiger partial charge in [-0.05, 0) is 50.5 Å². The molecule has 1 amide bonds. The van der Waals surface area contributed by atoms with Crippen LogP contribution in [0.3, 0.4) is 0 Å². The summed E-state index contributed by atoms with van der Waals surface area (Å²) in [4.78, 5) is 21.6. The van der Waals surface area contributed by atoms with Gasteiger partial charge in [-0.2, -0.15) is 0 Å². The fourth-order valence-electron chi connectivity index (χ4n) is 3.73. The maximum Gasteiger partial charge on any atom is 0.412 e. The van der Waals surface area contributed by atoms with E-state index in [4.69, 9.17) is 4.74 Å². The highest BCUT2D eigenvalue weighted by Crippen LogP contribution is 2.34. The van der Waals surface area contributed by atoms with Crippen molar-refractivity contribution in [3.8, 4) is 10.6 Å². The molecule has 7 heteroatoms. The SMILES string of the molecule is CCc1ccccc1-c1nc(C)c(NC(=O)OCc2ccc3c(c2)nc(C)n3CC)s1. The van der Waals surface area contributed by atoms with E-state index in [-0.39, 0.29) is 6.61 Å². The van der Waals surface area contributed by atoms with Crippen molar-refractivity contribution < 1.29 is 9.53 Å². The second kappa shape index (κ2) is 8.89. The molecule has 0 saturated heterocycles. The van der Waals surface area contributed by atoms with Gasteiger partial charge in [-0.3, -0.25) is 5.32 Å². The summed E-state index contributed by atoms with van der Waals surface area (Å²) in [6.45, 7) is 9.18. The van der Waals surface area contributed by atoms with Gasteiger partial charge in [0.25, 0.3) is 0 Å². The highest BCUT2D eigenvalue weighted by atomic mass is 32.1. The molecule has 0 atom stereocenters. The largest absolute Gasteiger partial charge is 0.444 e. The van der Waals surface area contributed by atoms with Gasteiger partial charge >= 0.3 is 6.09 Å². The first-order chi connectivity index (χ1) is 15.0. The third kappa shape index (κ3) is 4.32. The van der Waals surface area contributed by atoms with Gasteiger partial charge in [0, 0.05) is 12.1 Å². The number of aryl methyl sites for hydroxylation is 4. The Morgan fingerprint density at radius 2 is 1.94 bits per heavy atom. The van der Waals surface area contributed by atoms with Crippen molar-refractivity contribution in [3.63, 3.8) is 0 Å². The average molecular weight is 435 g/mol. The number of ether oxygens (including phenoxy) is 1. The van der Waals surface area contributed by atoms with E-state index in [1.807, 2.05) is 44.2 Å². The molecular formula is C24H26N4O2S. The molecule has 6 nitrogen and oxygen atoms in total. The molecule has 2 aromatic carbocycles. The summed E-state index contributed by atoms with van der Waals surface area (Å²) in [5.74, 6) is 0.981. The minimum absolute atomic E-state index is 0.184. The van der Waals surface area contributed by atoms with Gasteiger partial charge in [0.2, 0.25) is 0 Å². The van der Waals surface area contributed by atoms with Crippen molar-refractivity contribution in [1.82, 2.24) is 14.5 Å². The molecule has 0 saturated carbocycles. The molecule has 4 aromatic rings. The number of nitrogens with one attached hydrogen (secondary N) is 1. The number of thiazole rings is 1. The molecule has 4 rings (SSSR count). The van der Waals surface area contributed by atoms with Crippen molar-refractivity contribution in [2.45, 2.75) is 47.3 Å². The summed E-state index contributed by atoms with van der Waals surface area (Å²) in [7, 11) is 0. The van der Waals surface area contributed by atoms with Gasteiger partial charge in [0.05, 0.1) is 16.7 Å². The van der Waals surface area contributed by atoms with Gasteiger partial charge in [0.1, 0.15) is 22.4 Å². The zero-order chi connectivity index (χ0) is 22.0. The molecule has 0 unspecified atom stereocenters. The van der Waals surface area contributed by atoms with Crippen molar-refractivity contribution in [3.05, 3.63) is 65.1 Å². The molecule has 0 radical (unpaired) electrons. The monoisotopic (exact) mass is 434 g/mol. The summed E-state index contributed by atoms with van der Waals surface area (Å²) in [5.41, 5.74) is 6.04. The molecule has 0 aliphatic rings. The first kappa shape index (κ1) is 21.1. The van der Waals surface area contributed by atoms with Gasteiger partial charge in [-0.1, -0.05) is 48.6 Å². The van der Waals surface area contributed by atoms with E-state index in [0.29, 0.717) is 5.00 Å². The van der Waals surface area contributed by atoms with Crippen LogP contribution in [0.4, 0.5) is 9.80 Å². The van der Waals surface area contributed by atoms with Crippen LogP contribution < -0.4 is 5.32 Å². The smallest absolute Gasteiger partial charge is 0.412 e. The van der Waals surface area contributed by atoms with E-state index >= 15 is 0 Å². The minimum Gasteiger partial charge on any atom is -0.444 e. The number of carbonyl (C=O) groups is 1. The van der Waals surface area contributed by atoms with Crippen molar-refractivity contribution >= 4 is 33.5 Å². The lowest BCUT2D eigenvalue weighted by Crippen LogP contribution is -2.13. The quantitative estimate of drug-likeness (QED) is 0.398. The lowest BCUT2D eigenvalue weighted by Gasteiger charge is -2.07. The maximum absolute atomic E-state index is 12.4. The van der Waals surface area contributed by atoms with E-state index in [1.165, 1.54) is 16.9 Å². The highest BCUT2D eigenvalue weighted by Gasteiger charge is 2.15. The second-order valence-corrected chi connectivity index (χ2v) is 8.37. The summed E-state index contributed by atoms with van der Waals surface area (Å²) in [6, 6.07) is 14.2. The Balaban J connectivity index is 1.44. The van der Waals surface area contributed by atoms with E-state index < -0.39 is 6.09 Å². The predicted octanol–water partition coefficient (Wildman–Crippen LogP) is 6.11. The Labute approximate surface area is 185 Å². The zero-order valence-corrected chi connectivity index (χ0v) is 19.0. The van der Waals surface area contributed by atoms with Crippen LogP contribution in [0.25, 0.3) is 21.6 Å². The lowest BCUT2D eigenvalue weighted by molar-refractivity contribution is 0.155. The van der Waals surface area contributed by atoms with Crippen LogP contribution in [0, 0.1) is 13.8 Å². The zero-order valence-electron chi connectivity index (χ0n) is 18.2. The van der Waals surface area contributed by atoms with E-state index in [9.17, 15) is 4.79 Å². The first-order valence-electron chi connectivity index (χ1n) is 10.4. The number of fused-ring (bicyclic) bond motifs is 1. The second-order valence-electron chi connectivity index (χ2n) is 7.37. The third-order valence-corrected chi connectivity index (χ3v) is 6.44. The molecule has 0 fully saturated rings. The Hall–Kier alpha value is -3.19. The fraction of sp³-hybridized carbons (Fsp3) is 0.292. The van der Waals surface area contributed by atoms with Gasteiger partial charge in [0.15, 0.2) is 0 Å². The summed E-state index contributed by atoms with van der Waals surface area (Å²) in [6.07, 6.45) is 0.442. The van der Waals surface area contributed by atoms with Crippen LogP contribution in [0.1, 0.15) is 36.5 Å². The normalized spacial score (nSPS) is 11.1. The molecule has 0 bridgehead atoms. The topological polar surface area (TPSA) is 69.0 Å². The summed E-state index contributed by atoms with van der Waals surface area (Å²) < 4.78 is 7.61. The first-order valence-corrected chi connectivity index (χ1v) is 11.3. The number of amides is 1. The number of benzene rings is 2. The Morgan fingerprint density at radius 1 is 1.13 bits per heavy atom. The van der Waals surface area contributed by atoms with Crippen molar-refractivity contribution in [1.29, 1.82) is 0 Å². The summed E-state index contributed by atoms with van der Waals surface area (Å²) >= 11 is 1.47. The number of aromatic nitrogens is 3. The van der Waals surface area contributed by atoms with Gasteiger partial charge in [-0.25, -0.2) is 14.8 Å². The Bertz CT molecular complexity index is 1240. The number of hydrogen-bond acceptors (Lipinski definition) is 5. The number of hydrogen-bond donors (Lipinski definition) is 1. The van der Waals surface area contributed by atoms with E-state index in [1.54, 1.807) is 0 Å². The van der Waals surface area contributed by atoms with Crippen molar-refractivity contribution in [2.24, 2.45) is 0 Å². The molecule has 2 aromatic heterocycles. The minimum atomic E-state index is -0.488. The van der Waals surface area contributed by atoms with Crippen molar-refractivity contribution in [2.75, 3.05) is 5.32 Å². The molecule has 0 aliphatic heterocycles. The summed E-state index contributed by atoms with van der Waals surface area (Å²) in [5, 5.41) is 4.45. The standard InChI is InChI=1S/C24H26N4O2S/c1-5-18-9-7-8-10-19(18)23-25-15(3)22(31-23)27-24(29)30-14-17-11-12-21-20(13-17)26-16(4)28(21)6-2/h7-13H,5-6,14H2,1-4H3,(H,27,29). The number of anilines is 1. The molecule has 160 valence electrons. The molecule has 2 heterocycles. The van der Waals surface area contributed by atoms with Gasteiger partial charge in [-0.15, -0.1) is 0 Å². The van der Waals surface area contributed by atoms with Crippen LogP contribution in [-0.2, 0) is 24.3 Å².